The lowest BCUT2D eigenvalue weighted by Gasteiger charge is -2.34. The molecule has 1 aliphatic rings. The molecule has 0 amide bonds. The summed E-state index contributed by atoms with van der Waals surface area (Å²) < 4.78 is 0. The van der Waals surface area contributed by atoms with Crippen molar-refractivity contribution in [1.82, 2.24) is 4.90 Å². The molecule has 2 N–H and O–H groups in total. The van der Waals surface area contributed by atoms with Crippen molar-refractivity contribution in [3.63, 3.8) is 0 Å². The Morgan fingerprint density at radius 2 is 1.92 bits per heavy atom. The first-order valence-electron chi connectivity index (χ1n) is 4.79. The van der Waals surface area contributed by atoms with Crippen LogP contribution in [0.5, 0.6) is 0 Å². The monoisotopic (exact) mass is 168 g/mol. The average molecular weight is 168 g/mol. The van der Waals surface area contributed by atoms with Crippen LogP contribution in [0, 0.1) is 5.92 Å². The van der Waals surface area contributed by atoms with Crippen LogP contribution in [-0.2, 0) is 0 Å². The van der Waals surface area contributed by atoms with Crippen molar-refractivity contribution >= 4 is 0 Å². The molecule has 0 aromatic rings. The predicted octanol–water partition coefficient (Wildman–Crippen LogP) is 1.58. The molecule has 2 heteroatoms. The zero-order chi connectivity index (χ0) is 9.14. The van der Waals surface area contributed by atoms with Gasteiger partial charge in [0.05, 0.1) is 0 Å². The zero-order valence-corrected chi connectivity index (χ0v) is 8.21. The Balaban J connectivity index is 2.34. The van der Waals surface area contributed by atoms with E-state index in [1.54, 1.807) is 0 Å². The van der Waals surface area contributed by atoms with E-state index in [9.17, 15) is 0 Å². The van der Waals surface area contributed by atoms with Gasteiger partial charge in [-0.3, -0.25) is 0 Å². The van der Waals surface area contributed by atoms with Crippen LogP contribution in [0.1, 0.15) is 26.7 Å². The first kappa shape index (κ1) is 9.59. The molecule has 12 heavy (non-hydrogen) atoms. The predicted molar refractivity (Wildman–Crippen MR) is 52.8 cm³/mol. The van der Waals surface area contributed by atoms with E-state index in [1.165, 1.54) is 25.9 Å². The van der Waals surface area contributed by atoms with E-state index in [4.69, 9.17) is 5.73 Å². The van der Waals surface area contributed by atoms with E-state index in [0.29, 0.717) is 12.0 Å². The lowest BCUT2D eigenvalue weighted by atomic mass is 9.94. The van der Waals surface area contributed by atoms with E-state index in [1.807, 2.05) is 0 Å². The molecule has 1 saturated heterocycles. The normalized spacial score (nSPS) is 21.6. The Kier molecular flexibility index (Phi) is 3.15. The van der Waals surface area contributed by atoms with Gasteiger partial charge in [-0.2, -0.15) is 0 Å². The number of hydrogen-bond donors (Lipinski definition) is 1. The average Bonchev–Trinajstić information content (AvgIpc) is 2.04. The second-order valence-corrected chi connectivity index (χ2v) is 3.98. The fourth-order valence-corrected chi connectivity index (χ4v) is 1.79. The second-order valence-electron chi connectivity index (χ2n) is 3.98. The van der Waals surface area contributed by atoms with Crippen molar-refractivity contribution < 1.29 is 0 Å². The number of allylic oxidation sites excluding steroid dienone is 1. The third kappa shape index (κ3) is 2.24. The van der Waals surface area contributed by atoms with Gasteiger partial charge in [0.2, 0.25) is 0 Å². The SMILES string of the molecule is C=C(N)C1CCN(C(C)C)CC1. The summed E-state index contributed by atoms with van der Waals surface area (Å²) in [6.07, 6.45) is 2.38. The summed E-state index contributed by atoms with van der Waals surface area (Å²) in [5.74, 6) is 0.569. The van der Waals surface area contributed by atoms with Gasteiger partial charge < -0.3 is 10.6 Å². The first-order chi connectivity index (χ1) is 5.61. The number of likely N-dealkylation sites (tertiary alicyclic amines) is 1. The van der Waals surface area contributed by atoms with Gasteiger partial charge in [-0.25, -0.2) is 0 Å². The minimum atomic E-state index is 0.569. The number of piperidine rings is 1. The summed E-state index contributed by atoms with van der Waals surface area (Å²) in [4.78, 5) is 2.50. The smallest absolute Gasteiger partial charge is 0.00399 e. The van der Waals surface area contributed by atoms with E-state index in [-0.39, 0.29) is 0 Å². The Hall–Kier alpha value is -0.500. The summed E-state index contributed by atoms with van der Waals surface area (Å²) in [6.45, 7) is 10.7. The van der Waals surface area contributed by atoms with Crippen LogP contribution in [0.3, 0.4) is 0 Å². The van der Waals surface area contributed by atoms with Crippen molar-refractivity contribution in [3.05, 3.63) is 12.3 Å². The number of nitrogens with two attached hydrogens (primary N) is 1. The fraction of sp³-hybridized carbons (Fsp3) is 0.800. The lowest BCUT2D eigenvalue weighted by molar-refractivity contribution is 0.160. The molecule has 0 radical (unpaired) electrons. The zero-order valence-electron chi connectivity index (χ0n) is 8.21. The third-order valence-electron chi connectivity index (χ3n) is 2.78. The standard InChI is InChI=1S/C10H20N2/c1-8(2)12-6-4-10(5-7-12)9(3)11/h8,10H,3-7,11H2,1-2H3. The van der Waals surface area contributed by atoms with Gasteiger partial charge in [-0.15, -0.1) is 0 Å². The molecule has 1 rings (SSSR count). The summed E-state index contributed by atoms with van der Waals surface area (Å²) in [5, 5.41) is 0. The van der Waals surface area contributed by atoms with Gasteiger partial charge in [-0.05, 0) is 39.8 Å². The Morgan fingerprint density at radius 1 is 1.42 bits per heavy atom. The molecule has 0 aliphatic carbocycles. The molecular weight excluding hydrogens is 148 g/mol. The molecule has 0 atom stereocenters. The summed E-state index contributed by atoms with van der Waals surface area (Å²) in [5.41, 5.74) is 6.55. The van der Waals surface area contributed by atoms with Crippen LogP contribution in [0.4, 0.5) is 0 Å². The molecule has 0 aromatic carbocycles. The molecule has 1 aliphatic heterocycles. The summed E-state index contributed by atoms with van der Waals surface area (Å²) in [6, 6.07) is 0.678. The van der Waals surface area contributed by atoms with Gasteiger partial charge in [0, 0.05) is 17.7 Å². The molecular formula is C10H20N2. The first-order valence-corrected chi connectivity index (χ1v) is 4.79. The van der Waals surface area contributed by atoms with Gasteiger partial charge in [-0.1, -0.05) is 6.58 Å². The maximum atomic E-state index is 5.68. The quantitative estimate of drug-likeness (QED) is 0.678. The molecule has 1 heterocycles. The molecule has 0 unspecified atom stereocenters. The van der Waals surface area contributed by atoms with Gasteiger partial charge in [0.25, 0.3) is 0 Å². The lowest BCUT2D eigenvalue weighted by Crippen LogP contribution is -2.39. The highest BCUT2D eigenvalue weighted by atomic mass is 15.1. The highest BCUT2D eigenvalue weighted by molar-refractivity contribution is 4.96. The van der Waals surface area contributed by atoms with E-state index in [2.05, 4.69) is 25.3 Å². The topological polar surface area (TPSA) is 29.3 Å². The van der Waals surface area contributed by atoms with Crippen molar-refractivity contribution in [2.75, 3.05) is 13.1 Å². The van der Waals surface area contributed by atoms with E-state index < -0.39 is 0 Å². The Labute approximate surface area is 75.4 Å². The molecule has 1 fully saturated rings. The molecule has 0 saturated carbocycles. The highest BCUT2D eigenvalue weighted by Crippen LogP contribution is 2.21. The molecule has 70 valence electrons. The summed E-state index contributed by atoms with van der Waals surface area (Å²) in [7, 11) is 0. The minimum Gasteiger partial charge on any atom is -0.402 e. The van der Waals surface area contributed by atoms with Crippen molar-refractivity contribution in [3.8, 4) is 0 Å². The van der Waals surface area contributed by atoms with Gasteiger partial charge >= 0.3 is 0 Å². The van der Waals surface area contributed by atoms with Crippen LogP contribution in [0.15, 0.2) is 12.3 Å². The maximum Gasteiger partial charge on any atom is 0.00399 e. The van der Waals surface area contributed by atoms with Crippen LogP contribution in [0.2, 0.25) is 0 Å². The van der Waals surface area contributed by atoms with E-state index >= 15 is 0 Å². The number of hydrogen-bond acceptors (Lipinski definition) is 2. The molecule has 0 bridgehead atoms. The van der Waals surface area contributed by atoms with Crippen molar-refractivity contribution in [2.24, 2.45) is 11.7 Å². The molecule has 2 nitrogen and oxygen atoms in total. The van der Waals surface area contributed by atoms with Crippen molar-refractivity contribution in [1.29, 1.82) is 0 Å². The molecule has 0 spiro atoms. The number of rotatable bonds is 2. The van der Waals surface area contributed by atoms with Crippen LogP contribution >= 0.6 is 0 Å². The number of nitrogens with zero attached hydrogens (tertiary/aromatic N) is 1. The Bertz CT molecular complexity index is 155. The largest absolute Gasteiger partial charge is 0.402 e. The third-order valence-corrected chi connectivity index (χ3v) is 2.78. The summed E-state index contributed by atoms with van der Waals surface area (Å²) >= 11 is 0. The van der Waals surface area contributed by atoms with Gasteiger partial charge in [0.1, 0.15) is 0 Å². The minimum absolute atomic E-state index is 0.569. The van der Waals surface area contributed by atoms with Gasteiger partial charge in [0.15, 0.2) is 0 Å². The fourth-order valence-electron chi connectivity index (χ4n) is 1.79. The van der Waals surface area contributed by atoms with Crippen LogP contribution in [0.25, 0.3) is 0 Å². The van der Waals surface area contributed by atoms with Crippen LogP contribution < -0.4 is 5.73 Å². The van der Waals surface area contributed by atoms with E-state index in [0.717, 1.165) is 5.70 Å². The Morgan fingerprint density at radius 3 is 2.25 bits per heavy atom. The van der Waals surface area contributed by atoms with Crippen molar-refractivity contribution in [2.45, 2.75) is 32.7 Å². The second kappa shape index (κ2) is 3.94. The van der Waals surface area contributed by atoms with Crippen LogP contribution in [-0.4, -0.2) is 24.0 Å². The maximum absolute atomic E-state index is 5.68. The molecule has 0 aromatic heterocycles. The highest BCUT2D eigenvalue weighted by Gasteiger charge is 2.21.